The monoisotopic (exact) mass is 236 g/mol. The van der Waals surface area contributed by atoms with Gasteiger partial charge in [0, 0.05) is 18.5 Å². The average molecular weight is 236 g/mol. The molecular formula is C14H24N2O. The summed E-state index contributed by atoms with van der Waals surface area (Å²) >= 11 is 0. The largest absolute Gasteiger partial charge is 0.356 e. The minimum Gasteiger partial charge on any atom is -0.356 e. The third-order valence-corrected chi connectivity index (χ3v) is 5.17. The van der Waals surface area contributed by atoms with Crippen LogP contribution in [0.5, 0.6) is 0 Å². The van der Waals surface area contributed by atoms with E-state index in [0.29, 0.717) is 23.8 Å². The van der Waals surface area contributed by atoms with Crippen molar-refractivity contribution in [2.45, 2.75) is 51.0 Å². The lowest BCUT2D eigenvalue weighted by Crippen LogP contribution is -2.35. The van der Waals surface area contributed by atoms with Gasteiger partial charge in [0.1, 0.15) is 0 Å². The van der Waals surface area contributed by atoms with Gasteiger partial charge in [-0.25, -0.2) is 0 Å². The molecule has 0 aromatic carbocycles. The molecule has 3 fully saturated rings. The van der Waals surface area contributed by atoms with Crippen LogP contribution in [0.4, 0.5) is 0 Å². The first-order chi connectivity index (χ1) is 8.25. The second-order valence-electron chi connectivity index (χ2n) is 6.31. The third-order valence-electron chi connectivity index (χ3n) is 5.17. The minimum atomic E-state index is 0.342. The first-order valence-corrected chi connectivity index (χ1v) is 7.29. The van der Waals surface area contributed by atoms with Crippen LogP contribution in [0, 0.1) is 23.7 Å². The Balaban J connectivity index is 1.38. The molecule has 17 heavy (non-hydrogen) atoms. The van der Waals surface area contributed by atoms with Crippen molar-refractivity contribution in [2.75, 3.05) is 6.54 Å². The first kappa shape index (κ1) is 11.5. The molecule has 3 saturated carbocycles. The molecule has 0 spiro atoms. The van der Waals surface area contributed by atoms with Gasteiger partial charge in [-0.3, -0.25) is 4.79 Å². The molecule has 3 heteroatoms. The molecule has 3 N–H and O–H groups in total. The Bertz CT molecular complexity index is 287. The van der Waals surface area contributed by atoms with Crippen LogP contribution < -0.4 is 11.1 Å². The average Bonchev–Trinajstić information content (AvgIpc) is 2.82. The lowest BCUT2D eigenvalue weighted by molar-refractivity contribution is -0.123. The molecule has 1 amide bonds. The van der Waals surface area contributed by atoms with Crippen molar-refractivity contribution in [3.63, 3.8) is 0 Å². The molecule has 0 saturated heterocycles. The number of nitrogens with one attached hydrogen (secondary N) is 1. The van der Waals surface area contributed by atoms with Gasteiger partial charge < -0.3 is 11.1 Å². The molecule has 2 atom stereocenters. The van der Waals surface area contributed by atoms with Crippen molar-refractivity contribution in [1.82, 2.24) is 5.32 Å². The highest BCUT2D eigenvalue weighted by Crippen LogP contribution is 2.57. The predicted molar refractivity (Wildman–Crippen MR) is 67.3 cm³/mol. The Morgan fingerprint density at radius 1 is 1.06 bits per heavy atom. The van der Waals surface area contributed by atoms with Gasteiger partial charge in [-0.1, -0.05) is 6.42 Å². The van der Waals surface area contributed by atoms with Crippen LogP contribution in [-0.2, 0) is 4.79 Å². The lowest BCUT2D eigenvalue weighted by Gasteiger charge is -2.26. The summed E-state index contributed by atoms with van der Waals surface area (Å²) in [4.78, 5) is 12.0. The molecule has 3 aliphatic carbocycles. The fourth-order valence-corrected chi connectivity index (χ4v) is 3.97. The maximum absolute atomic E-state index is 12.0. The number of fused-ring (bicyclic) bond motifs is 1. The van der Waals surface area contributed by atoms with E-state index in [0.717, 1.165) is 31.2 Å². The maximum Gasteiger partial charge on any atom is 0.223 e. The summed E-state index contributed by atoms with van der Waals surface area (Å²) in [6.07, 6.45) is 8.59. The zero-order valence-electron chi connectivity index (χ0n) is 10.5. The van der Waals surface area contributed by atoms with Crippen LogP contribution in [0.3, 0.4) is 0 Å². The second-order valence-corrected chi connectivity index (χ2v) is 6.31. The number of carbonyl (C=O) groups excluding carboxylic acids is 1. The van der Waals surface area contributed by atoms with E-state index in [9.17, 15) is 4.79 Å². The number of hydrogen-bond donors (Lipinski definition) is 2. The maximum atomic E-state index is 12.0. The Labute approximate surface area is 104 Å². The molecule has 96 valence electrons. The molecule has 0 aromatic heterocycles. The normalized spacial score (nSPS) is 44.2. The van der Waals surface area contributed by atoms with Crippen molar-refractivity contribution in [1.29, 1.82) is 0 Å². The summed E-state index contributed by atoms with van der Waals surface area (Å²) in [7, 11) is 0. The first-order valence-electron chi connectivity index (χ1n) is 7.29. The van der Waals surface area contributed by atoms with E-state index in [2.05, 4.69) is 5.32 Å². The standard InChI is InChI=1S/C14H24N2O/c15-10-6-4-9(5-7-10)8-16-14(17)13-11-2-1-3-12(11)13/h9-13H,1-8,15H2,(H,16,17). The van der Waals surface area contributed by atoms with Crippen LogP contribution in [0.2, 0.25) is 0 Å². The summed E-state index contributed by atoms with van der Waals surface area (Å²) in [5.74, 6) is 2.89. The molecule has 3 nitrogen and oxygen atoms in total. The summed E-state index contributed by atoms with van der Waals surface area (Å²) in [6, 6.07) is 0.407. The van der Waals surface area contributed by atoms with Crippen molar-refractivity contribution in [2.24, 2.45) is 29.4 Å². The number of rotatable bonds is 3. The van der Waals surface area contributed by atoms with E-state index >= 15 is 0 Å². The molecule has 0 aliphatic heterocycles. The van der Waals surface area contributed by atoms with Crippen molar-refractivity contribution < 1.29 is 4.79 Å². The topological polar surface area (TPSA) is 55.1 Å². The van der Waals surface area contributed by atoms with Gasteiger partial charge in [0.2, 0.25) is 5.91 Å². The summed E-state index contributed by atoms with van der Waals surface area (Å²) in [5.41, 5.74) is 5.89. The number of amides is 1. The van der Waals surface area contributed by atoms with Gasteiger partial charge in [-0.2, -0.15) is 0 Å². The molecule has 2 unspecified atom stereocenters. The summed E-state index contributed by atoms with van der Waals surface area (Å²) in [5, 5.41) is 3.18. The van der Waals surface area contributed by atoms with Crippen molar-refractivity contribution in [3.05, 3.63) is 0 Å². The van der Waals surface area contributed by atoms with Gasteiger partial charge >= 0.3 is 0 Å². The van der Waals surface area contributed by atoms with E-state index in [1.807, 2.05) is 0 Å². The second kappa shape index (κ2) is 4.60. The highest BCUT2D eigenvalue weighted by molar-refractivity contribution is 5.82. The van der Waals surface area contributed by atoms with E-state index < -0.39 is 0 Å². The van der Waals surface area contributed by atoms with Gasteiger partial charge in [-0.15, -0.1) is 0 Å². The fourth-order valence-electron chi connectivity index (χ4n) is 3.97. The summed E-state index contributed by atoms with van der Waals surface area (Å²) < 4.78 is 0. The van der Waals surface area contributed by atoms with Gasteiger partial charge in [0.15, 0.2) is 0 Å². The number of nitrogens with two attached hydrogens (primary N) is 1. The Kier molecular flexibility index (Phi) is 3.12. The Hall–Kier alpha value is -0.570. The molecule has 0 aromatic rings. The molecule has 3 aliphatic rings. The van der Waals surface area contributed by atoms with E-state index in [-0.39, 0.29) is 0 Å². The van der Waals surface area contributed by atoms with Gasteiger partial charge in [0.05, 0.1) is 0 Å². The Morgan fingerprint density at radius 3 is 2.35 bits per heavy atom. The number of hydrogen-bond acceptors (Lipinski definition) is 2. The van der Waals surface area contributed by atoms with Gasteiger partial charge in [0.25, 0.3) is 0 Å². The molecule has 3 rings (SSSR count). The third kappa shape index (κ3) is 2.35. The van der Waals surface area contributed by atoms with E-state index in [4.69, 9.17) is 5.73 Å². The number of carbonyl (C=O) groups is 1. The molecule has 0 heterocycles. The van der Waals surface area contributed by atoms with Crippen molar-refractivity contribution >= 4 is 5.91 Å². The minimum absolute atomic E-state index is 0.342. The van der Waals surface area contributed by atoms with Gasteiger partial charge in [-0.05, 0) is 56.3 Å². The zero-order chi connectivity index (χ0) is 11.8. The van der Waals surface area contributed by atoms with Crippen LogP contribution >= 0.6 is 0 Å². The molecular weight excluding hydrogens is 212 g/mol. The quantitative estimate of drug-likeness (QED) is 0.783. The highest BCUT2D eigenvalue weighted by atomic mass is 16.2. The molecule has 0 radical (unpaired) electrons. The van der Waals surface area contributed by atoms with Crippen LogP contribution in [-0.4, -0.2) is 18.5 Å². The van der Waals surface area contributed by atoms with E-state index in [1.165, 1.54) is 32.1 Å². The SMILES string of the molecule is NC1CCC(CNC(=O)C2C3CCCC32)CC1. The Morgan fingerprint density at radius 2 is 1.71 bits per heavy atom. The lowest BCUT2D eigenvalue weighted by atomic mass is 9.86. The smallest absolute Gasteiger partial charge is 0.223 e. The predicted octanol–water partition coefficient (Wildman–Crippen LogP) is 1.67. The zero-order valence-corrected chi connectivity index (χ0v) is 10.5. The van der Waals surface area contributed by atoms with Crippen LogP contribution in [0.15, 0.2) is 0 Å². The van der Waals surface area contributed by atoms with Crippen LogP contribution in [0.1, 0.15) is 44.9 Å². The van der Waals surface area contributed by atoms with Crippen LogP contribution in [0.25, 0.3) is 0 Å². The fraction of sp³-hybridized carbons (Fsp3) is 0.929. The highest BCUT2D eigenvalue weighted by Gasteiger charge is 2.56. The van der Waals surface area contributed by atoms with Crippen molar-refractivity contribution in [3.8, 4) is 0 Å². The van der Waals surface area contributed by atoms with E-state index in [1.54, 1.807) is 0 Å². The summed E-state index contributed by atoms with van der Waals surface area (Å²) in [6.45, 7) is 0.890. The molecule has 0 bridgehead atoms.